The van der Waals surface area contributed by atoms with E-state index < -0.39 is 11.7 Å². The van der Waals surface area contributed by atoms with E-state index in [0.717, 1.165) is 0 Å². The fourth-order valence-electron chi connectivity index (χ4n) is 2.14. The SMILES string of the molecule is COc1cc2nc(-n3cc(OC(=O)O)cn3)[nH]c(=O)c2cc1OC. The van der Waals surface area contributed by atoms with Gasteiger partial charge in [0.1, 0.15) is 0 Å². The lowest BCUT2D eigenvalue weighted by Crippen LogP contribution is -2.14. The van der Waals surface area contributed by atoms with Gasteiger partial charge < -0.3 is 19.3 Å². The minimum absolute atomic E-state index is 0.00226. The summed E-state index contributed by atoms with van der Waals surface area (Å²) in [5.41, 5.74) is -0.0465. The largest absolute Gasteiger partial charge is 0.511 e. The minimum atomic E-state index is -1.47. The zero-order valence-electron chi connectivity index (χ0n) is 12.6. The molecule has 1 aromatic carbocycles. The zero-order valence-corrected chi connectivity index (χ0v) is 12.6. The van der Waals surface area contributed by atoms with Crippen molar-refractivity contribution in [2.75, 3.05) is 14.2 Å². The third-order valence-electron chi connectivity index (χ3n) is 3.18. The highest BCUT2D eigenvalue weighted by molar-refractivity contribution is 5.82. The van der Waals surface area contributed by atoms with Crippen molar-refractivity contribution in [2.24, 2.45) is 0 Å². The van der Waals surface area contributed by atoms with Gasteiger partial charge in [0, 0.05) is 6.07 Å². The zero-order chi connectivity index (χ0) is 17.3. The second kappa shape index (κ2) is 5.91. The fourth-order valence-corrected chi connectivity index (χ4v) is 2.14. The number of carbonyl (C=O) groups is 1. The summed E-state index contributed by atoms with van der Waals surface area (Å²) < 4.78 is 16.0. The molecule has 2 N–H and O–H groups in total. The first kappa shape index (κ1) is 15.3. The third kappa shape index (κ3) is 2.72. The Labute approximate surface area is 134 Å². The van der Waals surface area contributed by atoms with Crippen LogP contribution in [-0.2, 0) is 0 Å². The molecule has 0 amide bonds. The summed E-state index contributed by atoms with van der Waals surface area (Å²) in [6.07, 6.45) is 0.998. The summed E-state index contributed by atoms with van der Waals surface area (Å²) in [5.74, 6) is 0.920. The number of aromatic amines is 1. The standard InChI is InChI=1S/C14H12N4O6/c1-22-10-3-8-9(4-11(10)23-2)16-13(17-12(8)19)18-6-7(5-15-18)24-14(20)21/h3-6H,1-2H3,(H,20,21)(H,16,17,19). The van der Waals surface area contributed by atoms with Crippen molar-refractivity contribution in [2.45, 2.75) is 0 Å². The summed E-state index contributed by atoms with van der Waals surface area (Å²) >= 11 is 0. The average Bonchev–Trinajstić information content (AvgIpc) is 3.01. The van der Waals surface area contributed by atoms with Crippen molar-refractivity contribution < 1.29 is 24.1 Å². The molecule has 0 saturated heterocycles. The Kier molecular flexibility index (Phi) is 3.78. The molecule has 3 rings (SSSR count). The first-order valence-electron chi connectivity index (χ1n) is 6.63. The molecule has 0 aliphatic heterocycles. The number of aromatic nitrogens is 4. The van der Waals surface area contributed by atoms with E-state index in [-0.39, 0.29) is 11.7 Å². The Morgan fingerprint density at radius 2 is 1.96 bits per heavy atom. The van der Waals surface area contributed by atoms with Crippen LogP contribution in [0.2, 0.25) is 0 Å². The van der Waals surface area contributed by atoms with Crippen molar-refractivity contribution in [1.29, 1.82) is 0 Å². The van der Waals surface area contributed by atoms with Crippen LogP contribution in [-0.4, -0.2) is 45.2 Å². The lowest BCUT2D eigenvalue weighted by atomic mass is 10.2. The van der Waals surface area contributed by atoms with Gasteiger partial charge in [-0.05, 0) is 6.07 Å². The molecule has 10 heteroatoms. The van der Waals surface area contributed by atoms with E-state index in [0.29, 0.717) is 22.4 Å². The number of nitrogens with zero attached hydrogens (tertiary/aromatic N) is 3. The molecule has 0 saturated carbocycles. The second-order valence-electron chi connectivity index (χ2n) is 4.60. The number of fused-ring (bicyclic) bond motifs is 1. The molecule has 0 aliphatic carbocycles. The van der Waals surface area contributed by atoms with E-state index in [4.69, 9.17) is 14.6 Å². The van der Waals surface area contributed by atoms with Crippen molar-refractivity contribution >= 4 is 17.1 Å². The smallest absolute Gasteiger partial charge is 0.493 e. The molecule has 0 spiro atoms. The molecular formula is C14H12N4O6. The van der Waals surface area contributed by atoms with Crippen LogP contribution >= 0.6 is 0 Å². The predicted molar refractivity (Wildman–Crippen MR) is 81.2 cm³/mol. The molecule has 0 fully saturated rings. The summed E-state index contributed by atoms with van der Waals surface area (Å²) in [7, 11) is 2.94. The van der Waals surface area contributed by atoms with Gasteiger partial charge in [-0.1, -0.05) is 0 Å². The van der Waals surface area contributed by atoms with Crippen LogP contribution in [0.3, 0.4) is 0 Å². The third-order valence-corrected chi connectivity index (χ3v) is 3.18. The molecule has 0 aliphatic rings. The molecule has 0 unspecified atom stereocenters. The normalized spacial score (nSPS) is 10.6. The van der Waals surface area contributed by atoms with Crippen LogP contribution in [0.25, 0.3) is 16.9 Å². The van der Waals surface area contributed by atoms with Gasteiger partial charge in [-0.25, -0.2) is 14.5 Å². The molecule has 0 atom stereocenters. The Bertz CT molecular complexity index is 977. The van der Waals surface area contributed by atoms with Crippen LogP contribution < -0.4 is 19.8 Å². The number of rotatable bonds is 4. The van der Waals surface area contributed by atoms with E-state index in [1.54, 1.807) is 6.07 Å². The number of ether oxygens (including phenoxy) is 3. The van der Waals surface area contributed by atoms with Gasteiger partial charge >= 0.3 is 6.16 Å². The molecular weight excluding hydrogens is 320 g/mol. The molecule has 3 aromatic rings. The van der Waals surface area contributed by atoms with Gasteiger partial charge in [0.15, 0.2) is 17.2 Å². The molecule has 24 heavy (non-hydrogen) atoms. The summed E-state index contributed by atoms with van der Waals surface area (Å²) in [6.45, 7) is 0. The summed E-state index contributed by atoms with van der Waals surface area (Å²) in [6, 6.07) is 3.08. The van der Waals surface area contributed by atoms with Crippen molar-refractivity contribution in [1.82, 2.24) is 19.7 Å². The lowest BCUT2D eigenvalue weighted by molar-refractivity contribution is 0.144. The van der Waals surface area contributed by atoms with E-state index in [1.807, 2.05) is 0 Å². The molecule has 0 bridgehead atoms. The van der Waals surface area contributed by atoms with Crippen LogP contribution in [0.4, 0.5) is 4.79 Å². The number of methoxy groups -OCH3 is 2. The van der Waals surface area contributed by atoms with Gasteiger partial charge in [-0.3, -0.25) is 9.78 Å². The quantitative estimate of drug-likeness (QED) is 0.682. The van der Waals surface area contributed by atoms with Gasteiger partial charge in [0.2, 0.25) is 5.95 Å². The maximum atomic E-state index is 12.3. The first-order valence-corrected chi connectivity index (χ1v) is 6.63. The number of carboxylic acid groups (broad SMARTS) is 1. The highest BCUT2D eigenvalue weighted by atomic mass is 16.7. The van der Waals surface area contributed by atoms with Crippen LogP contribution in [0.1, 0.15) is 0 Å². The highest BCUT2D eigenvalue weighted by Crippen LogP contribution is 2.30. The Morgan fingerprint density at radius 1 is 1.25 bits per heavy atom. The molecule has 2 heterocycles. The molecule has 124 valence electrons. The van der Waals surface area contributed by atoms with Crippen molar-refractivity contribution in [3.8, 4) is 23.2 Å². The van der Waals surface area contributed by atoms with Gasteiger partial charge in [-0.2, -0.15) is 5.10 Å². The van der Waals surface area contributed by atoms with Gasteiger partial charge in [-0.15, -0.1) is 0 Å². The average molecular weight is 332 g/mol. The molecule has 0 radical (unpaired) electrons. The number of benzene rings is 1. The van der Waals surface area contributed by atoms with Gasteiger partial charge in [0.05, 0.1) is 37.5 Å². The number of hydrogen-bond acceptors (Lipinski definition) is 7. The maximum Gasteiger partial charge on any atom is 0.511 e. The Balaban J connectivity index is 2.11. The number of hydrogen-bond donors (Lipinski definition) is 2. The minimum Gasteiger partial charge on any atom is -0.493 e. The Hall–Kier alpha value is -3.56. The topological polar surface area (TPSA) is 129 Å². The van der Waals surface area contributed by atoms with Gasteiger partial charge in [0.25, 0.3) is 5.56 Å². The van der Waals surface area contributed by atoms with Crippen molar-refractivity contribution in [3.05, 3.63) is 34.9 Å². The fraction of sp³-hybridized carbons (Fsp3) is 0.143. The molecule has 10 nitrogen and oxygen atoms in total. The molecule has 2 aromatic heterocycles. The van der Waals surface area contributed by atoms with Crippen LogP contribution in [0, 0.1) is 0 Å². The number of nitrogens with one attached hydrogen (secondary N) is 1. The summed E-state index contributed by atoms with van der Waals surface area (Å²) in [4.78, 5) is 29.6. The first-order chi connectivity index (χ1) is 11.5. The van der Waals surface area contributed by atoms with Crippen molar-refractivity contribution in [3.63, 3.8) is 0 Å². The van der Waals surface area contributed by atoms with E-state index in [1.165, 1.54) is 37.4 Å². The predicted octanol–water partition coefficient (Wildman–Crippen LogP) is 1.18. The van der Waals surface area contributed by atoms with E-state index in [9.17, 15) is 9.59 Å². The second-order valence-corrected chi connectivity index (χ2v) is 4.60. The summed E-state index contributed by atoms with van der Waals surface area (Å²) in [5, 5.41) is 12.8. The number of H-pyrrole nitrogens is 1. The van der Waals surface area contributed by atoms with E-state index in [2.05, 4.69) is 19.8 Å². The Morgan fingerprint density at radius 3 is 2.62 bits per heavy atom. The van der Waals surface area contributed by atoms with Crippen LogP contribution in [0.5, 0.6) is 17.2 Å². The maximum absolute atomic E-state index is 12.3. The van der Waals surface area contributed by atoms with E-state index >= 15 is 0 Å². The van der Waals surface area contributed by atoms with Crippen LogP contribution in [0.15, 0.2) is 29.3 Å². The highest BCUT2D eigenvalue weighted by Gasteiger charge is 2.13. The lowest BCUT2D eigenvalue weighted by Gasteiger charge is -2.09. The monoisotopic (exact) mass is 332 g/mol.